The molecule has 0 spiro atoms. The van der Waals surface area contributed by atoms with Crippen LogP contribution in [0.25, 0.3) is 0 Å². The van der Waals surface area contributed by atoms with E-state index in [1.54, 1.807) is 12.1 Å². The van der Waals surface area contributed by atoms with Crippen molar-refractivity contribution in [1.82, 2.24) is 0 Å². The van der Waals surface area contributed by atoms with E-state index in [-0.39, 0.29) is 5.97 Å². The monoisotopic (exact) mass is 400 g/mol. The van der Waals surface area contributed by atoms with Crippen molar-refractivity contribution in [3.05, 3.63) is 125 Å². The van der Waals surface area contributed by atoms with Crippen molar-refractivity contribution in [3.63, 3.8) is 0 Å². The van der Waals surface area contributed by atoms with Gasteiger partial charge in [-0.15, -0.1) is 0 Å². The minimum absolute atomic E-state index is 0.293. The zero-order chi connectivity index (χ0) is 21.3. The summed E-state index contributed by atoms with van der Waals surface area (Å²) in [4.78, 5) is 12.2. The first-order valence-corrected chi connectivity index (χ1v) is 10.1. The van der Waals surface area contributed by atoms with Gasteiger partial charge in [0.25, 0.3) is 0 Å². The van der Waals surface area contributed by atoms with Gasteiger partial charge in [0.05, 0.1) is 0 Å². The van der Waals surface area contributed by atoms with Crippen molar-refractivity contribution in [1.29, 1.82) is 0 Å². The maximum atomic E-state index is 12.2. The first-order chi connectivity index (χ1) is 15.3. The summed E-state index contributed by atoms with van der Waals surface area (Å²) >= 11 is 0. The third kappa shape index (κ3) is 5.86. The molecule has 1 aliphatic carbocycles. The van der Waals surface area contributed by atoms with Crippen LogP contribution in [0.15, 0.2) is 103 Å². The molecule has 0 radical (unpaired) electrons. The summed E-state index contributed by atoms with van der Waals surface area (Å²) in [5.41, 5.74) is 4.41. The number of esters is 1. The topological polar surface area (TPSA) is 26.3 Å². The molecule has 0 fully saturated rings. The number of rotatable bonds is 2. The van der Waals surface area contributed by atoms with Crippen LogP contribution < -0.4 is 4.74 Å². The summed E-state index contributed by atoms with van der Waals surface area (Å²) in [7, 11) is 0. The number of ether oxygens (including phenoxy) is 1. The van der Waals surface area contributed by atoms with Gasteiger partial charge >= 0.3 is 5.97 Å². The average Bonchev–Trinajstić information content (AvgIpc) is 2.84. The highest BCUT2D eigenvalue weighted by atomic mass is 16.5. The first-order valence-electron chi connectivity index (χ1n) is 10.1. The third-order valence-electron chi connectivity index (χ3n) is 4.70. The van der Waals surface area contributed by atoms with Crippen LogP contribution in [0.5, 0.6) is 5.75 Å². The molecule has 31 heavy (non-hydrogen) atoms. The van der Waals surface area contributed by atoms with Gasteiger partial charge in [-0.3, -0.25) is 0 Å². The molecule has 3 aromatic carbocycles. The number of allylic oxidation sites excluding steroid dienone is 3. The van der Waals surface area contributed by atoms with E-state index in [1.807, 2.05) is 85.0 Å². The van der Waals surface area contributed by atoms with Crippen LogP contribution in [-0.2, 0) is 4.79 Å². The minimum atomic E-state index is -0.293. The number of benzene rings is 3. The maximum absolute atomic E-state index is 12.2. The van der Waals surface area contributed by atoms with Crippen molar-refractivity contribution >= 4 is 5.97 Å². The molecule has 2 heteroatoms. The summed E-state index contributed by atoms with van der Waals surface area (Å²) in [6, 6.07) is 25.0. The van der Waals surface area contributed by atoms with Crippen molar-refractivity contribution in [2.24, 2.45) is 0 Å². The quantitative estimate of drug-likeness (QED) is 0.315. The highest BCUT2D eigenvalue weighted by molar-refractivity contribution is 5.90. The van der Waals surface area contributed by atoms with E-state index in [0.29, 0.717) is 11.3 Å². The Morgan fingerprint density at radius 3 is 1.71 bits per heavy atom. The summed E-state index contributed by atoms with van der Waals surface area (Å²) in [6.07, 6.45) is 7.33. The molecule has 3 aromatic rings. The Kier molecular flexibility index (Phi) is 6.44. The second-order valence-corrected chi connectivity index (χ2v) is 7.02. The fraction of sp³-hybridized carbons (Fsp3) is 0.0690. The van der Waals surface area contributed by atoms with Gasteiger partial charge < -0.3 is 4.74 Å². The van der Waals surface area contributed by atoms with E-state index in [0.717, 1.165) is 35.1 Å². The molecule has 0 unspecified atom stereocenters. The zero-order valence-electron chi connectivity index (χ0n) is 17.0. The smallest absolute Gasteiger partial charge is 0.339 e. The Balaban J connectivity index is 1.37. The Hall–Kier alpha value is -4.27. The minimum Gasteiger partial charge on any atom is -0.423 e. The maximum Gasteiger partial charge on any atom is 0.339 e. The molecular weight excluding hydrogens is 380 g/mol. The Labute approximate surface area is 182 Å². The predicted octanol–water partition coefficient (Wildman–Crippen LogP) is 5.67. The van der Waals surface area contributed by atoms with Crippen LogP contribution in [-0.4, -0.2) is 5.97 Å². The molecule has 0 bridgehead atoms. The van der Waals surface area contributed by atoms with E-state index in [2.05, 4.69) is 23.7 Å². The van der Waals surface area contributed by atoms with Crippen LogP contribution in [0, 0.1) is 23.7 Å². The molecule has 0 saturated heterocycles. The SMILES string of the molecule is O=C(Oc1ccc(C#Cc2ccc(C#Cc3ccccc3)cc2)cc1)C1=CC=CCC1. The lowest BCUT2D eigenvalue weighted by molar-refractivity contribution is -0.130. The van der Waals surface area contributed by atoms with Gasteiger partial charge in [0.2, 0.25) is 0 Å². The Bertz CT molecular complexity index is 1240. The summed E-state index contributed by atoms with van der Waals surface area (Å²) < 4.78 is 5.44. The summed E-state index contributed by atoms with van der Waals surface area (Å²) in [5, 5.41) is 0. The molecule has 0 aromatic heterocycles. The van der Waals surface area contributed by atoms with E-state index < -0.39 is 0 Å². The van der Waals surface area contributed by atoms with Gasteiger partial charge in [-0.1, -0.05) is 60.1 Å². The first kappa shape index (κ1) is 20.0. The predicted molar refractivity (Wildman–Crippen MR) is 123 cm³/mol. The van der Waals surface area contributed by atoms with Gasteiger partial charge in [0.1, 0.15) is 5.75 Å². The second kappa shape index (κ2) is 9.97. The van der Waals surface area contributed by atoms with E-state index >= 15 is 0 Å². The third-order valence-corrected chi connectivity index (χ3v) is 4.70. The van der Waals surface area contributed by atoms with Crippen LogP contribution in [0.1, 0.15) is 35.1 Å². The van der Waals surface area contributed by atoms with Gasteiger partial charge in [-0.05, 0) is 73.5 Å². The van der Waals surface area contributed by atoms with Crippen molar-refractivity contribution in [3.8, 4) is 29.4 Å². The Morgan fingerprint density at radius 1 is 0.677 bits per heavy atom. The molecule has 1 aliphatic rings. The van der Waals surface area contributed by atoms with Gasteiger partial charge in [0.15, 0.2) is 0 Å². The van der Waals surface area contributed by atoms with Gasteiger partial charge in [-0.25, -0.2) is 4.79 Å². The molecule has 0 heterocycles. The van der Waals surface area contributed by atoms with E-state index in [1.165, 1.54) is 0 Å². The zero-order valence-corrected chi connectivity index (χ0v) is 17.0. The molecule has 4 rings (SSSR count). The standard InChI is InChI=1S/C29H20O2/c30-29(27-9-5-2-6-10-27)31-28-21-19-26(20-22-28)18-17-25-15-13-24(14-16-25)12-11-23-7-3-1-4-8-23/h1-5,7-9,13-16,19-22H,6,10H2. The fourth-order valence-electron chi connectivity index (χ4n) is 3.00. The number of carbonyl (C=O) groups excluding carboxylic acids is 1. The van der Waals surface area contributed by atoms with E-state index in [4.69, 9.17) is 4.74 Å². The molecule has 0 aliphatic heterocycles. The van der Waals surface area contributed by atoms with Crippen molar-refractivity contribution in [2.45, 2.75) is 12.8 Å². The van der Waals surface area contributed by atoms with Crippen molar-refractivity contribution < 1.29 is 9.53 Å². The largest absolute Gasteiger partial charge is 0.423 e. The van der Waals surface area contributed by atoms with Crippen LogP contribution in [0.3, 0.4) is 0 Å². The summed E-state index contributed by atoms with van der Waals surface area (Å²) in [6.45, 7) is 0. The van der Waals surface area contributed by atoms with Crippen LogP contribution in [0.4, 0.5) is 0 Å². The fourth-order valence-corrected chi connectivity index (χ4v) is 3.00. The molecule has 0 saturated carbocycles. The van der Waals surface area contributed by atoms with Gasteiger partial charge in [-0.2, -0.15) is 0 Å². The lowest BCUT2D eigenvalue weighted by Crippen LogP contribution is -2.12. The van der Waals surface area contributed by atoms with Crippen LogP contribution in [0.2, 0.25) is 0 Å². The number of carbonyl (C=O) groups is 1. The normalized spacial score (nSPS) is 11.9. The lowest BCUT2D eigenvalue weighted by Gasteiger charge is -2.08. The molecule has 0 atom stereocenters. The molecule has 0 amide bonds. The van der Waals surface area contributed by atoms with E-state index in [9.17, 15) is 4.79 Å². The molecule has 148 valence electrons. The van der Waals surface area contributed by atoms with Crippen molar-refractivity contribution in [2.75, 3.05) is 0 Å². The lowest BCUT2D eigenvalue weighted by atomic mass is 10.1. The molecule has 0 N–H and O–H groups in total. The molecular formula is C29H20O2. The highest BCUT2D eigenvalue weighted by Crippen LogP contribution is 2.17. The highest BCUT2D eigenvalue weighted by Gasteiger charge is 2.12. The average molecular weight is 400 g/mol. The number of hydrogen-bond donors (Lipinski definition) is 0. The molecule has 2 nitrogen and oxygen atoms in total. The summed E-state index contributed by atoms with van der Waals surface area (Å²) in [5.74, 6) is 12.8. The van der Waals surface area contributed by atoms with Gasteiger partial charge in [0, 0.05) is 27.8 Å². The Morgan fingerprint density at radius 2 is 1.19 bits per heavy atom. The second-order valence-electron chi connectivity index (χ2n) is 7.02. The van der Waals surface area contributed by atoms with Crippen LogP contribution >= 0.6 is 0 Å². The number of hydrogen-bond acceptors (Lipinski definition) is 2.